The summed E-state index contributed by atoms with van der Waals surface area (Å²) >= 11 is 4.70. The second-order valence-electron chi connectivity index (χ2n) is 1.90. The van der Waals surface area contributed by atoms with Crippen molar-refractivity contribution in [3.8, 4) is 0 Å². The van der Waals surface area contributed by atoms with Gasteiger partial charge in [-0.1, -0.05) is 15.9 Å². The molecule has 1 aliphatic rings. The van der Waals surface area contributed by atoms with E-state index in [2.05, 4.69) is 20.3 Å². The molecule has 0 aliphatic carbocycles. The molecule has 0 aromatic carbocycles. The second-order valence-corrected chi connectivity index (χ2v) is 3.65. The first kappa shape index (κ1) is 8.01. The Morgan fingerprint density at radius 1 is 1.90 bits per heavy atom. The molecule has 1 aliphatic heterocycles. The van der Waals surface area contributed by atoms with Gasteiger partial charge in [0.2, 0.25) is 0 Å². The number of Topliss-reactive ketones (excluding diaryl/α,β-unsaturated/α-hetero) is 1. The molecule has 0 aromatic heterocycles. The summed E-state index contributed by atoms with van der Waals surface area (Å²) in [6.45, 7) is 1.52. The first-order chi connectivity index (χ1) is 4.70. The zero-order chi connectivity index (χ0) is 7.56. The molecule has 0 radical (unpaired) electrons. The summed E-state index contributed by atoms with van der Waals surface area (Å²) in [6, 6.07) is 0. The first-order valence-corrected chi connectivity index (χ1v) is 4.50. The Kier molecular flexibility index (Phi) is 2.68. The largest absolute Gasteiger partial charge is 0.293 e. The fourth-order valence-corrected chi connectivity index (χ4v) is 1.66. The number of nitrogens with zero attached hydrogens (tertiary/aromatic N) is 1. The van der Waals surface area contributed by atoms with Crippen LogP contribution in [0.25, 0.3) is 0 Å². The predicted molar refractivity (Wildman–Crippen MR) is 47.6 cm³/mol. The molecule has 0 atom stereocenters. The number of carbonyl (C=O) groups excluding carboxylic acids is 1. The maximum Gasteiger partial charge on any atom is 0.178 e. The van der Waals surface area contributed by atoms with Crippen LogP contribution in [0, 0.1) is 0 Å². The monoisotopic (exact) mass is 219 g/mol. The molecule has 0 saturated heterocycles. The lowest BCUT2D eigenvalue weighted by molar-refractivity contribution is -0.111. The normalized spacial score (nSPS) is 17.8. The number of hydrogen-bond acceptors (Lipinski definition) is 3. The Morgan fingerprint density at radius 3 is 3.00 bits per heavy atom. The second kappa shape index (κ2) is 3.34. The van der Waals surface area contributed by atoms with E-state index in [1.54, 1.807) is 6.08 Å². The van der Waals surface area contributed by atoms with Crippen LogP contribution in [0.5, 0.6) is 0 Å². The average molecular weight is 220 g/mol. The third-order valence-corrected chi connectivity index (χ3v) is 2.67. The van der Waals surface area contributed by atoms with Crippen molar-refractivity contribution in [1.82, 2.24) is 0 Å². The van der Waals surface area contributed by atoms with E-state index >= 15 is 0 Å². The van der Waals surface area contributed by atoms with Gasteiger partial charge in [-0.3, -0.25) is 4.79 Å². The Balaban J connectivity index is 2.79. The third kappa shape index (κ3) is 1.95. The van der Waals surface area contributed by atoms with Gasteiger partial charge in [0.15, 0.2) is 5.78 Å². The fourth-order valence-electron chi connectivity index (χ4n) is 0.546. The summed E-state index contributed by atoms with van der Waals surface area (Å²) in [7, 11) is 0. The standard InChI is InChI=1S/C6H6BrNOS/c1-4(9)6-2-5(7)3-10-8-6/h2H,3H2,1H3. The highest BCUT2D eigenvalue weighted by molar-refractivity contribution is 9.11. The van der Waals surface area contributed by atoms with Gasteiger partial charge in [-0.05, 0) is 18.0 Å². The molecule has 10 heavy (non-hydrogen) atoms. The summed E-state index contributed by atoms with van der Waals surface area (Å²) in [4.78, 5) is 10.7. The van der Waals surface area contributed by atoms with E-state index in [4.69, 9.17) is 0 Å². The fraction of sp³-hybridized carbons (Fsp3) is 0.333. The van der Waals surface area contributed by atoms with E-state index in [1.165, 1.54) is 18.9 Å². The smallest absolute Gasteiger partial charge is 0.178 e. The van der Waals surface area contributed by atoms with Crippen LogP contribution >= 0.6 is 27.9 Å². The van der Waals surface area contributed by atoms with Crippen molar-refractivity contribution < 1.29 is 4.79 Å². The highest BCUT2D eigenvalue weighted by Crippen LogP contribution is 2.20. The van der Waals surface area contributed by atoms with E-state index in [9.17, 15) is 4.79 Å². The lowest BCUT2D eigenvalue weighted by atomic mass is 10.2. The van der Waals surface area contributed by atoms with E-state index in [-0.39, 0.29) is 5.78 Å². The number of halogens is 1. The van der Waals surface area contributed by atoms with Crippen LogP contribution in [0.2, 0.25) is 0 Å². The summed E-state index contributed by atoms with van der Waals surface area (Å²) in [5, 5.41) is 0. The summed E-state index contributed by atoms with van der Waals surface area (Å²) in [6.07, 6.45) is 1.76. The van der Waals surface area contributed by atoms with Crippen molar-refractivity contribution in [3.63, 3.8) is 0 Å². The van der Waals surface area contributed by atoms with Gasteiger partial charge in [-0.25, -0.2) is 4.40 Å². The number of hydrogen-bond donors (Lipinski definition) is 0. The highest BCUT2D eigenvalue weighted by Gasteiger charge is 2.08. The van der Waals surface area contributed by atoms with Crippen LogP contribution in [0.15, 0.2) is 15.0 Å². The van der Waals surface area contributed by atoms with Crippen LogP contribution in [-0.2, 0) is 4.79 Å². The zero-order valence-electron chi connectivity index (χ0n) is 5.43. The molecular weight excluding hydrogens is 214 g/mol. The molecule has 0 fully saturated rings. The number of ketones is 1. The van der Waals surface area contributed by atoms with Gasteiger partial charge < -0.3 is 0 Å². The van der Waals surface area contributed by atoms with Gasteiger partial charge in [-0.2, -0.15) is 0 Å². The minimum atomic E-state index is 0.0177. The maximum atomic E-state index is 10.7. The maximum absolute atomic E-state index is 10.7. The minimum Gasteiger partial charge on any atom is -0.293 e. The van der Waals surface area contributed by atoms with E-state index in [0.717, 1.165) is 10.2 Å². The molecule has 0 N–H and O–H groups in total. The molecule has 0 bridgehead atoms. The molecule has 54 valence electrons. The summed E-state index contributed by atoms with van der Waals surface area (Å²) in [5.74, 6) is 0.848. The van der Waals surface area contributed by atoms with Crippen molar-refractivity contribution >= 4 is 39.4 Å². The zero-order valence-corrected chi connectivity index (χ0v) is 7.83. The van der Waals surface area contributed by atoms with Crippen molar-refractivity contribution in [2.24, 2.45) is 4.40 Å². The molecule has 1 heterocycles. The molecule has 0 spiro atoms. The number of rotatable bonds is 1. The highest BCUT2D eigenvalue weighted by atomic mass is 79.9. The lowest BCUT2D eigenvalue weighted by Gasteiger charge is -2.03. The van der Waals surface area contributed by atoms with Crippen molar-refractivity contribution in [3.05, 3.63) is 10.6 Å². The molecule has 2 nitrogen and oxygen atoms in total. The van der Waals surface area contributed by atoms with Crippen molar-refractivity contribution in [2.75, 3.05) is 5.75 Å². The molecule has 0 unspecified atom stereocenters. The van der Waals surface area contributed by atoms with Gasteiger partial charge in [0.1, 0.15) is 5.71 Å². The molecule has 0 amide bonds. The van der Waals surface area contributed by atoms with Gasteiger partial charge in [-0.15, -0.1) is 0 Å². The molecular formula is C6H6BrNOS. The van der Waals surface area contributed by atoms with Gasteiger partial charge in [0, 0.05) is 17.2 Å². The van der Waals surface area contributed by atoms with Crippen LogP contribution in [0.4, 0.5) is 0 Å². The average Bonchev–Trinajstić information content (AvgIpc) is 1.88. The number of allylic oxidation sites excluding steroid dienone is 1. The Bertz CT molecular complexity index is 222. The molecule has 0 saturated carbocycles. The lowest BCUT2D eigenvalue weighted by Crippen LogP contribution is -2.08. The van der Waals surface area contributed by atoms with Crippen LogP contribution in [0.1, 0.15) is 6.92 Å². The molecule has 1 rings (SSSR count). The first-order valence-electron chi connectivity index (χ1n) is 2.77. The van der Waals surface area contributed by atoms with E-state index in [0.29, 0.717) is 5.71 Å². The Morgan fingerprint density at radius 2 is 2.60 bits per heavy atom. The van der Waals surface area contributed by atoms with Crippen LogP contribution in [0.3, 0.4) is 0 Å². The topological polar surface area (TPSA) is 29.4 Å². The van der Waals surface area contributed by atoms with E-state index in [1.807, 2.05) is 0 Å². The van der Waals surface area contributed by atoms with Crippen molar-refractivity contribution in [1.29, 1.82) is 0 Å². The minimum absolute atomic E-state index is 0.0177. The summed E-state index contributed by atoms with van der Waals surface area (Å²) in [5.41, 5.74) is 0.545. The SMILES string of the molecule is CC(=O)C1=NSCC(Br)=C1. The third-order valence-electron chi connectivity index (χ3n) is 1.02. The summed E-state index contributed by atoms with van der Waals surface area (Å²) < 4.78 is 4.98. The van der Waals surface area contributed by atoms with Gasteiger partial charge in [0.05, 0.1) is 0 Å². The Hall–Kier alpha value is -0.0900. The van der Waals surface area contributed by atoms with Crippen LogP contribution < -0.4 is 0 Å². The Labute approximate surface area is 72.1 Å². The van der Waals surface area contributed by atoms with Crippen LogP contribution in [-0.4, -0.2) is 17.2 Å². The van der Waals surface area contributed by atoms with Crippen molar-refractivity contribution in [2.45, 2.75) is 6.92 Å². The number of carbonyl (C=O) groups is 1. The van der Waals surface area contributed by atoms with E-state index < -0.39 is 0 Å². The quantitative estimate of drug-likeness (QED) is 0.632. The predicted octanol–water partition coefficient (Wildman–Crippen LogP) is 1.96. The van der Waals surface area contributed by atoms with Gasteiger partial charge in [0.25, 0.3) is 0 Å². The molecule has 0 aromatic rings. The van der Waals surface area contributed by atoms with Gasteiger partial charge >= 0.3 is 0 Å². The molecule has 4 heteroatoms.